The van der Waals surface area contributed by atoms with Crippen LogP contribution in [0.3, 0.4) is 0 Å². The molecule has 2 aromatic carbocycles. The molecule has 0 bridgehead atoms. The van der Waals surface area contributed by atoms with Crippen molar-refractivity contribution in [2.75, 3.05) is 6.54 Å². The highest BCUT2D eigenvalue weighted by atomic mass is 32.2. The molecule has 0 aromatic heterocycles. The van der Waals surface area contributed by atoms with E-state index in [1.165, 1.54) is 29.8 Å². The molecule has 0 amide bonds. The van der Waals surface area contributed by atoms with Gasteiger partial charge in [0.25, 0.3) is 5.69 Å². The van der Waals surface area contributed by atoms with Crippen LogP contribution in [-0.4, -0.2) is 19.9 Å². The van der Waals surface area contributed by atoms with Crippen LogP contribution >= 0.6 is 0 Å². The number of nitrogens with zero attached hydrogens (tertiary/aromatic N) is 1. The summed E-state index contributed by atoms with van der Waals surface area (Å²) in [5, 5.41) is 10.7. The summed E-state index contributed by atoms with van der Waals surface area (Å²) in [6.07, 6.45) is 7.23. The smallest absolute Gasteiger partial charge is 0.258 e. The van der Waals surface area contributed by atoms with Crippen molar-refractivity contribution in [3.63, 3.8) is 0 Å². The number of nitro groups is 1. The lowest BCUT2D eigenvalue weighted by molar-refractivity contribution is -0.384. The number of hydrogen-bond acceptors (Lipinski definition) is 4. The highest BCUT2D eigenvalue weighted by molar-refractivity contribution is 7.89. The second-order valence-electron chi connectivity index (χ2n) is 6.62. The van der Waals surface area contributed by atoms with Crippen LogP contribution < -0.4 is 4.72 Å². The number of benzene rings is 2. The molecule has 0 heterocycles. The van der Waals surface area contributed by atoms with E-state index in [4.69, 9.17) is 0 Å². The second-order valence-corrected chi connectivity index (χ2v) is 8.39. The molecule has 142 valence electrons. The minimum atomic E-state index is -3.69. The van der Waals surface area contributed by atoms with Crippen LogP contribution in [0.2, 0.25) is 0 Å². The topological polar surface area (TPSA) is 89.3 Å². The van der Waals surface area contributed by atoms with E-state index < -0.39 is 14.9 Å². The second kappa shape index (κ2) is 8.45. The van der Waals surface area contributed by atoms with E-state index in [1.54, 1.807) is 0 Å². The van der Waals surface area contributed by atoms with E-state index in [-0.39, 0.29) is 16.5 Å². The molecule has 7 heteroatoms. The van der Waals surface area contributed by atoms with E-state index in [0.717, 1.165) is 12.8 Å². The van der Waals surface area contributed by atoms with Gasteiger partial charge in [-0.1, -0.05) is 42.5 Å². The van der Waals surface area contributed by atoms with Crippen LogP contribution in [0.5, 0.6) is 0 Å². The molecular weight excluding hydrogens is 364 g/mol. The molecule has 0 fully saturated rings. The van der Waals surface area contributed by atoms with Crippen molar-refractivity contribution < 1.29 is 13.3 Å². The first-order valence-corrected chi connectivity index (χ1v) is 10.4. The maximum absolute atomic E-state index is 12.5. The Hall–Kier alpha value is -2.51. The lowest BCUT2D eigenvalue weighted by Crippen LogP contribution is -2.27. The fourth-order valence-electron chi connectivity index (χ4n) is 3.50. The van der Waals surface area contributed by atoms with Gasteiger partial charge in [-0.05, 0) is 48.8 Å². The van der Waals surface area contributed by atoms with Crippen molar-refractivity contribution in [1.82, 2.24) is 4.72 Å². The van der Waals surface area contributed by atoms with Crippen molar-refractivity contribution in [2.45, 2.75) is 30.1 Å². The van der Waals surface area contributed by atoms with E-state index in [0.29, 0.717) is 18.9 Å². The summed E-state index contributed by atoms with van der Waals surface area (Å²) >= 11 is 0. The zero-order valence-corrected chi connectivity index (χ0v) is 15.6. The Kier molecular flexibility index (Phi) is 6.03. The number of allylic oxidation sites excluding steroid dienone is 2. The third kappa shape index (κ3) is 4.81. The lowest BCUT2D eigenvalue weighted by Gasteiger charge is -2.23. The first kappa shape index (κ1) is 19.3. The predicted octanol–water partition coefficient (Wildman–Crippen LogP) is 4.01. The molecular formula is C20H22N2O4S. The van der Waals surface area contributed by atoms with E-state index in [2.05, 4.69) is 29.0 Å². The summed E-state index contributed by atoms with van der Waals surface area (Å²) in [7, 11) is -3.69. The van der Waals surface area contributed by atoms with Crippen LogP contribution in [0.15, 0.2) is 71.6 Å². The van der Waals surface area contributed by atoms with Gasteiger partial charge >= 0.3 is 0 Å². The monoisotopic (exact) mass is 386 g/mol. The molecule has 0 radical (unpaired) electrons. The quantitative estimate of drug-likeness (QED) is 0.422. The van der Waals surface area contributed by atoms with Gasteiger partial charge in [-0.15, -0.1) is 0 Å². The molecule has 0 saturated carbocycles. The van der Waals surface area contributed by atoms with Crippen molar-refractivity contribution in [3.05, 3.63) is 82.4 Å². The Bertz CT molecular complexity index is 909. The highest BCUT2D eigenvalue weighted by Crippen LogP contribution is 2.35. The Labute approximate surface area is 159 Å². The number of hydrogen-bond donors (Lipinski definition) is 1. The lowest BCUT2D eigenvalue weighted by atomic mass is 9.83. The summed E-state index contributed by atoms with van der Waals surface area (Å²) in [6.45, 7) is 0.309. The Balaban J connectivity index is 1.67. The summed E-state index contributed by atoms with van der Waals surface area (Å²) in [4.78, 5) is 10.2. The molecule has 0 saturated heterocycles. The van der Waals surface area contributed by atoms with Gasteiger partial charge in [-0.2, -0.15) is 0 Å². The van der Waals surface area contributed by atoms with Gasteiger partial charge < -0.3 is 0 Å². The largest absolute Gasteiger partial charge is 0.269 e. The predicted molar refractivity (Wildman–Crippen MR) is 104 cm³/mol. The highest BCUT2D eigenvalue weighted by Gasteiger charge is 2.24. The molecule has 2 atom stereocenters. The molecule has 2 aromatic rings. The average molecular weight is 386 g/mol. The Morgan fingerprint density at radius 2 is 1.81 bits per heavy atom. The molecule has 0 aliphatic heterocycles. The van der Waals surface area contributed by atoms with Gasteiger partial charge in [0.05, 0.1) is 9.82 Å². The maximum Gasteiger partial charge on any atom is 0.269 e. The third-order valence-electron chi connectivity index (χ3n) is 4.90. The van der Waals surface area contributed by atoms with Gasteiger partial charge in [-0.25, -0.2) is 13.1 Å². The van der Waals surface area contributed by atoms with E-state index in [1.807, 2.05) is 18.2 Å². The molecule has 0 spiro atoms. The minimum Gasteiger partial charge on any atom is -0.258 e. The molecule has 27 heavy (non-hydrogen) atoms. The van der Waals surface area contributed by atoms with Crippen LogP contribution in [0, 0.1) is 16.0 Å². The van der Waals surface area contributed by atoms with Crippen molar-refractivity contribution in [1.29, 1.82) is 0 Å². The Morgan fingerprint density at radius 3 is 2.41 bits per heavy atom. The van der Waals surface area contributed by atoms with Crippen LogP contribution in [0.25, 0.3) is 0 Å². The zero-order valence-electron chi connectivity index (χ0n) is 14.8. The first-order valence-electron chi connectivity index (χ1n) is 8.93. The number of rotatable bonds is 8. The van der Waals surface area contributed by atoms with Gasteiger partial charge in [0, 0.05) is 18.7 Å². The fraction of sp³-hybridized carbons (Fsp3) is 0.300. The average Bonchev–Trinajstić information content (AvgIpc) is 3.20. The summed E-state index contributed by atoms with van der Waals surface area (Å²) in [5.74, 6) is 0.667. The normalized spacial score (nSPS) is 17.7. The van der Waals surface area contributed by atoms with Crippen LogP contribution in [0.4, 0.5) is 5.69 Å². The standard InChI is InChI=1S/C20H22N2O4S/c23-22(24)18-10-12-19(13-11-18)27(25,26)21-15-14-20(17-8-4-5-9-17)16-6-2-1-3-7-16/h1-4,6-8,10-13,17,20-21H,5,9,14-15H2/t17?,20-/m1/s1. The minimum absolute atomic E-state index is 0.0325. The fourth-order valence-corrected chi connectivity index (χ4v) is 4.55. The van der Waals surface area contributed by atoms with Gasteiger partial charge in [0.1, 0.15) is 0 Å². The van der Waals surface area contributed by atoms with E-state index >= 15 is 0 Å². The summed E-state index contributed by atoms with van der Waals surface area (Å²) in [5.41, 5.74) is 1.08. The molecule has 3 rings (SSSR count). The number of nitrogens with one attached hydrogen (secondary N) is 1. The zero-order chi connectivity index (χ0) is 19.3. The van der Waals surface area contributed by atoms with Gasteiger partial charge in [-0.3, -0.25) is 10.1 Å². The SMILES string of the molecule is O=[N+]([O-])c1ccc(S(=O)(=O)NCC[C@H](c2ccccc2)C2C=CCC2)cc1. The third-order valence-corrected chi connectivity index (χ3v) is 6.38. The van der Waals surface area contributed by atoms with Gasteiger partial charge in [0.15, 0.2) is 0 Å². The number of non-ortho nitro benzene ring substituents is 1. The molecule has 1 aliphatic carbocycles. The summed E-state index contributed by atoms with van der Waals surface area (Å²) < 4.78 is 27.5. The number of sulfonamides is 1. The van der Waals surface area contributed by atoms with Crippen molar-refractivity contribution in [2.24, 2.45) is 5.92 Å². The maximum atomic E-state index is 12.5. The Morgan fingerprint density at radius 1 is 1.11 bits per heavy atom. The van der Waals surface area contributed by atoms with Gasteiger partial charge in [0.2, 0.25) is 10.0 Å². The summed E-state index contributed by atoms with van der Waals surface area (Å²) in [6, 6.07) is 15.1. The van der Waals surface area contributed by atoms with Crippen molar-refractivity contribution >= 4 is 15.7 Å². The first-order chi connectivity index (χ1) is 13.0. The van der Waals surface area contributed by atoms with Crippen molar-refractivity contribution in [3.8, 4) is 0 Å². The van der Waals surface area contributed by atoms with E-state index in [9.17, 15) is 18.5 Å². The van der Waals surface area contributed by atoms with Crippen LogP contribution in [-0.2, 0) is 10.0 Å². The van der Waals surface area contributed by atoms with Crippen LogP contribution in [0.1, 0.15) is 30.7 Å². The molecule has 6 nitrogen and oxygen atoms in total. The molecule has 1 N–H and O–H groups in total. The molecule has 1 aliphatic rings. The molecule has 1 unspecified atom stereocenters. The number of nitro benzene ring substituents is 1.